The maximum atomic E-state index is 11.8. The molecule has 3 heterocycles. The second-order valence-corrected chi connectivity index (χ2v) is 5.50. The Bertz CT molecular complexity index is 694. The lowest BCUT2D eigenvalue weighted by Gasteiger charge is -2.16. The Labute approximate surface area is 133 Å². The molecule has 0 spiro atoms. The number of hydrogen-bond donors (Lipinski definition) is 1. The van der Waals surface area contributed by atoms with Gasteiger partial charge in [-0.05, 0) is 26.7 Å². The van der Waals surface area contributed by atoms with Crippen molar-refractivity contribution in [3.63, 3.8) is 0 Å². The lowest BCUT2D eigenvalue weighted by atomic mass is 10.4. The van der Waals surface area contributed by atoms with Crippen molar-refractivity contribution in [2.24, 2.45) is 0 Å². The Kier molecular flexibility index (Phi) is 4.40. The van der Waals surface area contributed by atoms with Gasteiger partial charge in [-0.1, -0.05) is 5.16 Å². The molecule has 1 saturated heterocycles. The highest BCUT2D eigenvalue weighted by Crippen LogP contribution is 2.19. The largest absolute Gasteiger partial charge is 0.467 e. The molecular weight excluding hydrogens is 298 g/mol. The van der Waals surface area contributed by atoms with E-state index in [-0.39, 0.29) is 12.5 Å². The lowest BCUT2D eigenvalue weighted by Crippen LogP contribution is -2.23. The van der Waals surface area contributed by atoms with E-state index in [1.807, 2.05) is 6.92 Å². The van der Waals surface area contributed by atoms with Gasteiger partial charge in [0.25, 0.3) is 5.91 Å². The van der Waals surface area contributed by atoms with Crippen LogP contribution in [0.25, 0.3) is 0 Å². The predicted octanol–water partition coefficient (Wildman–Crippen LogP) is 1.70. The Balaban J connectivity index is 1.60. The van der Waals surface area contributed by atoms with Crippen molar-refractivity contribution >= 4 is 17.7 Å². The molecule has 0 unspecified atom stereocenters. The molecule has 122 valence electrons. The summed E-state index contributed by atoms with van der Waals surface area (Å²) in [7, 11) is 0. The van der Waals surface area contributed by atoms with Crippen LogP contribution >= 0.6 is 0 Å². The summed E-state index contributed by atoms with van der Waals surface area (Å²) in [6.45, 7) is 5.39. The third kappa shape index (κ3) is 3.97. The molecule has 23 heavy (non-hydrogen) atoms. The number of anilines is 2. The van der Waals surface area contributed by atoms with Crippen molar-refractivity contribution in [2.75, 3.05) is 29.9 Å². The van der Waals surface area contributed by atoms with E-state index in [1.165, 1.54) is 0 Å². The zero-order valence-electron chi connectivity index (χ0n) is 13.2. The van der Waals surface area contributed by atoms with E-state index in [2.05, 4.69) is 25.3 Å². The highest BCUT2D eigenvalue weighted by Gasteiger charge is 2.16. The number of carbonyl (C=O) groups excluding carboxylic acids is 1. The average Bonchev–Trinajstić information content (AvgIpc) is 3.16. The number of ether oxygens (including phenoxy) is 1. The summed E-state index contributed by atoms with van der Waals surface area (Å²) in [5.74, 6) is 1.73. The molecule has 8 heteroatoms. The van der Waals surface area contributed by atoms with E-state index in [0.29, 0.717) is 23.4 Å². The number of carbonyl (C=O) groups is 1. The standard InChI is InChI=1S/C15H19N5O3/c1-10-7-14(18-15(16-10)20-5-3-4-6-20)22-9-13(21)17-12-8-11(2)23-19-12/h7-8H,3-6,9H2,1-2H3,(H,17,19,21). The lowest BCUT2D eigenvalue weighted by molar-refractivity contribution is -0.118. The first-order valence-corrected chi connectivity index (χ1v) is 7.57. The van der Waals surface area contributed by atoms with Crippen LogP contribution in [0.5, 0.6) is 5.88 Å². The van der Waals surface area contributed by atoms with Gasteiger partial charge in [-0.25, -0.2) is 4.98 Å². The van der Waals surface area contributed by atoms with Gasteiger partial charge < -0.3 is 19.5 Å². The molecule has 1 fully saturated rings. The van der Waals surface area contributed by atoms with E-state index in [9.17, 15) is 4.79 Å². The third-order valence-corrected chi connectivity index (χ3v) is 3.45. The van der Waals surface area contributed by atoms with Crippen molar-refractivity contribution in [2.45, 2.75) is 26.7 Å². The van der Waals surface area contributed by atoms with Gasteiger partial charge in [0.15, 0.2) is 12.4 Å². The van der Waals surface area contributed by atoms with E-state index in [1.54, 1.807) is 19.1 Å². The molecule has 0 aliphatic carbocycles. The first kappa shape index (κ1) is 15.3. The molecule has 2 aromatic rings. The van der Waals surface area contributed by atoms with Crippen molar-refractivity contribution in [3.8, 4) is 5.88 Å². The zero-order chi connectivity index (χ0) is 16.2. The first-order valence-electron chi connectivity index (χ1n) is 7.57. The number of aromatic nitrogens is 3. The number of nitrogens with zero attached hydrogens (tertiary/aromatic N) is 4. The number of hydrogen-bond acceptors (Lipinski definition) is 7. The first-order chi connectivity index (χ1) is 11.1. The second-order valence-electron chi connectivity index (χ2n) is 5.50. The van der Waals surface area contributed by atoms with E-state index in [0.717, 1.165) is 31.6 Å². The molecule has 0 bridgehead atoms. The van der Waals surface area contributed by atoms with Gasteiger partial charge in [-0.3, -0.25) is 4.79 Å². The maximum absolute atomic E-state index is 11.8. The molecule has 0 aromatic carbocycles. The molecule has 0 atom stereocenters. The van der Waals surface area contributed by atoms with Gasteiger partial charge in [0, 0.05) is 30.9 Å². The van der Waals surface area contributed by atoms with Crippen LogP contribution < -0.4 is 15.0 Å². The molecule has 1 amide bonds. The Hall–Kier alpha value is -2.64. The van der Waals surface area contributed by atoms with Gasteiger partial charge in [-0.2, -0.15) is 4.98 Å². The number of aryl methyl sites for hydroxylation is 2. The van der Waals surface area contributed by atoms with Crippen molar-refractivity contribution in [1.29, 1.82) is 0 Å². The fourth-order valence-electron chi connectivity index (χ4n) is 2.40. The molecule has 0 radical (unpaired) electrons. The molecule has 3 rings (SSSR count). The smallest absolute Gasteiger partial charge is 0.263 e. The topological polar surface area (TPSA) is 93.4 Å². The van der Waals surface area contributed by atoms with Gasteiger partial charge in [0.2, 0.25) is 11.8 Å². The predicted molar refractivity (Wildman–Crippen MR) is 83.6 cm³/mol. The summed E-state index contributed by atoms with van der Waals surface area (Å²) in [5.41, 5.74) is 0.810. The van der Waals surface area contributed by atoms with E-state index in [4.69, 9.17) is 9.26 Å². The summed E-state index contributed by atoms with van der Waals surface area (Å²) in [5, 5.41) is 6.29. The summed E-state index contributed by atoms with van der Waals surface area (Å²) < 4.78 is 10.4. The minimum Gasteiger partial charge on any atom is -0.467 e. The molecule has 0 saturated carbocycles. The minimum atomic E-state index is -0.322. The fourth-order valence-corrected chi connectivity index (χ4v) is 2.40. The van der Waals surface area contributed by atoms with Crippen LogP contribution in [0.1, 0.15) is 24.3 Å². The normalized spacial score (nSPS) is 14.1. The van der Waals surface area contributed by atoms with Crippen LogP contribution in [0.15, 0.2) is 16.7 Å². The van der Waals surface area contributed by atoms with E-state index < -0.39 is 0 Å². The molecule has 1 aliphatic heterocycles. The van der Waals surface area contributed by atoms with Crippen LogP contribution in [0.2, 0.25) is 0 Å². The fraction of sp³-hybridized carbons (Fsp3) is 0.467. The number of rotatable bonds is 5. The minimum absolute atomic E-state index is 0.151. The van der Waals surface area contributed by atoms with Crippen LogP contribution in [-0.2, 0) is 4.79 Å². The molecule has 8 nitrogen and oxygen atoms in total. The van der Waals surface area contributed by atoms with Gasteiger partial charge in [0.05, 0.1) is 0 Å². The van der Waals surface area contributed by atoms with Crippen LogP contribution in [0.4, 0.5) is 11.8 Å². The summed E-state index contributed by atoms with van der Waals surface area (Å²) >= 11 is 0. The molecule has 1 aliphatic rings. The zero-order valence-corrected chi connectivity index (χ0v) is 13.2. The van der Waals surface area contributed by atoms with Gasteiger partial charge in [-0.15, -0.1) is 0 Å². The second kappa shape index (κ2) is 6.64. The highest BCUT2D eigenvalue weighted by molar-refractivity contribution is 5.90. The average molecular weight is 317 g/mol. The van der Waals surface area contributed by atoms with Gasteiger partial charge >= 0.3 is 0 Å². The van der Waals surface area contributed by atoms with Crippen molar-refractivity contribution in [3.05, 3.63) is 23.6 Å². The van der Waals surface area contributed by atoms with Crippen molar-refractivity contribution < 1.29 is 14.1 Å². The van der Waals surface area contributed by atoms with Crippen LogP contribution in [-0.4, -0.2) is 40.7 Å². The monoisotopic (exact) mass is 317 g/mol. The van der Waals surface area contributed by atoms with Gasteiger partial charge in [0.1, 0.15) is 5.76 Å². The Morgan fingerprint density at radius 2 is 2.09 bits per heavy atom. The maximum Gasteiger partial charge on any atom is 0.263 e. The molecular formula is C15H19N5O3. The summed E-state index contributed by atoms with van der Waals surface area (Å²) in [6, 6.07) is 3.35. The Morgan fingerprint density at radius 1 is 1.30 bits per heavy atom. The van der Waals surface area contributed by atoms with Crippen LogP contribution in [0, 0.1) is 13.8 Å². The third-order valence-electron chi connectivity index (χ3n) is 3.45. The highest BCUT2D eigenvalue weighted by atomic mass is 16.5. The SMILES string of the molecule is Cc1cc(OCC(=O)Nc2cc(C)on2)nc(N2CCCC2)n1. The molecule has 1 N–H and O–H groups in total. The van der Waals surface area contributed by atoms with Crippen LogP contribution in [0.3, 0.4) is 0 Å². The van der Waals surface area contributed by atoms with E-state index >= 15 is 0 Å². The summed E-state index contributed by atoms with van der Waals surface area (Å²) in [6.07, 6.45) is 2.29. The molecule has 2 aromatic heterocycles. The quantitative estimate of drug-likeness (QED) is 0.897. The summed E-state index contributed by atoms with van der Waals surface area (Å²) in [4.78, 5) is 22.8. The van der Waals surface area contributed by atoms with Crippen molar-refractivity contribution in [1.82, 2.24) is 15.1 Å². The Morgan fingerprint density at radius 3 is 2.78 bits per heavy atom. The number of amides is 1. The number of nitrogens with one attached hydrogen (secondary N) is 1.